The van der Waals surface area contributed by atoms with Crippen molar-refractivity contribution in [1.82, 2.24) is 4.57 Å². The second kappa shape index (κ2) is 9.26. The quantitative estimate of drug-likeness (QED) is 0.388. The smallest absolute Gasteiger partial charge is 0.331 e. The number of esters is 1. The lowest BCUT2D eigenvalue weighted by atomic mass is 10.1. The van der Waals surface area contributed by atoms with Crippen LogP contribution < -0.4 is 9.47 Å². The van der Waals surface area contributed by atoms with E-state index in [1.54, 1.807) is 31.4 Å². The number of carbonyl (C=O) groups excluding carboxylic acids is 2. The lowest BCUT2D eigenvalue weighted by Gasteiger charge is -2.13. The number of methoxy groups -OCH3 is 2. The highest BCUT2D eigenvalue weighted by Crippen LogP contribution is 2.25. The van der Waals surface area contributed by atoms with Crippen molar-refractivity contribution in [3.05, 3.63) is 52.9 Å². The van der Waals surface area contributed by atoms with Crippen LogP contribution in [0.1, 0.15) is 47.2 Å². The van der Waals surface area contributed by atoms with Gasteiger partial charge in [0.15, 0.2) is 6.61 Å². The molecule has 0 spiro atoms. The Bertz CT molecular complexity index is 893. The third kappa shape index (κ3) is 4.82. The third-order valence-corrected chi connectivity index (χ3v) is 4.49. The minimum atomic E-state index is -0.594. The fraction of sp³-hybridized carbons (Fsp3) is 0.364. The molecule has 1 aromatic carbocycles. The second-order valence-electron chi connectivity index (χ2n) is 6.72. The molecule has 0 aliphatic rings. The predicted molar refractivity (Wildman–Crippen MR) is 108 cm³/mol. The number of Topliss-reactive ketones (excluding diaryl/α,β-unsaturated/α-hetero) is 1. The average molecular weight is 385 g/mol. The van der Waals surface area contributed by atoms with Crippen LogP contribution in [0, 0.1) is 13.8 Å². The second-order valence-corrected chi connectivity index (χ2v) is 6.72. The Morgan fingerprint density at radius 2 is 1.82 bits per heavy atom. The number of ether oxygens (including phenoxy) is 3. The van der Waals surface area contributed by atoms with Crippen LogP contribution in [0.2, 0.25) is 0 Å². The number of hydrogen-bond donors (Lipinski definition) is 0. The normalized spacial score (nSPS) is 11.1. The van der Waals surface area contributed by atoms with E-state index in [0.717, 1.165) is 11.4 Å². The highest BCUT2D eigenvalue weighted by Gasteiger charge is 2.18. The molecule has 0 radical (unpaired) electrons. The molecular formula is C22H27NO5. The summed E-state index contributed by atoms with van der Waals surface area (Å²) in [6.07, 6.45) is 2.85. The van der Waals surface area contributed by atoms with Gasteiger partial charge in [-0.05, 0) is 52.0 Å². The molecule has 1 heterocycles. The van der Waals surface area contributed by atoms with Crippen LogP contribution in [-0.4, -0.2) is 37.1 Å². The van der Waals surface area contributed by atoms with Crippen molar-refractivity contribution in [2.75, 3.05) is 20.8 Å². The van der Waals surface area contributed by atoms with Crippen molar-refractivity contribution >= 4 is 17.8 Å². The molecule has 0 saturated heterocycles. The highest BCUT2D eigenvalue weighted by atomic mass is 16.5. The molecule has 1 aromatic heterocycles. The van der Waals surface area contributed by atoms with Gasteiger partial charge < -0.3 is 18.8 Å². The van der Waals surface area contributed by atoms with Crippen molar-refractivity contribution in [3.8, 4) is 11.5 Å². The summed E-state index contributed by atoms with van der Waals surface area (Å²) >= 11 is 0. The van der Waals surface area contributed by atoms with E-state index in [1.165, 1.54) is 13.2 Å². The van der Waals surface area contributed by atoms with E-state index in [-0.39, 0.29) is 18.4 Å². The van der Waals surface area contributed by atoms with E-state index in [2.05, 4.69) is 18.4 Å². The third-order valence-electron chi connectivity index (χ3n) is 4.49. The van der Waals surface area contributed by atoms with Crippen LogP contribution in [0.15, 0.2) is 30.3 Å². The van der Waals surface area contributed by atoms with E-state index in [4.69, 9.17) is 14.2 Å². The van der Waals surface area contributed by atoms with Crippen LogP contribution in [0.5, 0.6) is 11.5 Å². The van der Waals surface area contributed by atoms with Crippen molar-refractivity contribution in [3.63, 3.8) is 0 Å². The van der Waals surface area contributed by atoms with Crippen LogP contribution in [0.4, 0.5) is 0 Å². The fourth-order valence-electron chi connectivity index (χ4n) is 3.23. The van der Waals surface area contributed by atoms with Gasteiger partial charge in [0.2, 0.25) is 5.78 Å². The standard InChI is InChI=1S/C22H27NO5/c1-14(2)23-15(3)11-19(16(23)4)20(24)13-28-22(25)10-8-17-7-9-18(26-5)12-21(17)27-6/h7-12,14H,13H2,1-6H3/b10-8+. The van der Waals surface area contributed by atoms with Gasteiger partial charge >= 0.3 is 5.97 Å². The number of carbonyl (C=O) groups is 2. The number of aryl methyl sites for hydroxylation is 1. The largest absolute Gasteiger partial charge is 0.497 e. The molecule has 0 fully saturated rings. The molecule has 6 nitrogen and oxygen atoms in total. The monoisotopic (exact) mass is 385 g/mol. The lowest BCUT2D eigenvalue weighted by Crippen LogP contribution is -2.14. The SMILES string of the molecule is COc1ccc(/C=C/C(=O)OCC(=O)c2cc(C)n(C(C)C)c2C)c(OC)c1. The first kappa shape index (κ1) is 21.3. The summed E-state index contributed by atoms with van der Waals surface area (Å²) in [5.74, 6) is 0.412. The fourth-order valence-corrected chi connectivity index (χ4v) is 3.23. The molecule has 28 heavy (non-hydrogen) atoms. The Balaban J connectivity index is 2.02. The number of hydrogen-bond acceptors (Lipinski definition) is 5. The first-order chi connectivity index (χ1) is 13.3. The molecule has 0 aliphatic heterocycles. The number of rotatable bonds is 8. The maximum Gasteiger partial charge on any atom is 0.331 e. The zero-order chi connectivity index (χ0) is 20.8. The van der Waals surface area contributed by atoms with Gasteiger partial charge in [0.1, 0.15) is 11.5 Å². The Kier molecular flexibility index (Phi) is 7.04. The van der Waals surface area contributed by atoms with Crippen molar-refractivity contribution in [2.45, 2.75) is 33.7 Å². The molecule has 0 saturated carbocycles. The van der Waals surface area contributed by atoms with E-state index >= 15 is 0 Å². The maximum atomic E-state index is 12.5. The van der Waals surface area contributed by atoms with Gasteiger partial charge in [0, 0.05) is 40.7 Å². The number of ketones is 1. The van der Waals surface area contributed by atoms with Gasteiger partial charge in [-0.15, -0.1) is 0 Å². The predicted octanol–water partition coefficient (Wildman–Crippen LogP) is 4.14. The zero-order valence-electron chi connectivity index (χ0n) is 17.2. The van der Waals surface area contributed by atoms with Crippen LogP contribution in [0.25, 0.3) is 6.08 Å². The highest BCUT2D eigenvalue weighted by molar-refractivity contribution is 6.00. The number of benzene rings is 1. The molecular weight excluding hydrogens is 358 g/mol. The molecule has 2 aromatic rings. The molecule has 6 heteroatoms. The van der Waals surface area contributed by atoms with Gasteiger partial charge in [0.05, 0.1) is 14.2 Å². The summed E-state index contributed by atoms with van der Waals surface area (Å²) in [6, 6.07) is 7.35. The summed E-state index contributed by atoms with van der Waals surface area (Å²) in [5.41, 5.74) is 3.17. The van der Waals surface area contributed by atoms with Crippen molar-refractivity contribution < 1.29 is 23.8 Å². The minimum absolute atomic E-state index is 0.219. The Morgan fingerprint density at radius 1 is 1.11 bits per heavy atom. The Hall–Kier alpha value is -3.02. The average Bonchev–Trinajstić information content (AvgIpc) is 2.98. The lowest BCUT2D eigenvalue weighted by molar-refractivity contribution is -0.136. The van der Waals surface area contributed by atoms with E-state index in [9.17, 15) is 9.59 Å². The van der Waals surface area contributed by atoms with Gasteiger partial charge in [0.25, 0.3) is 0 Å². The van der Waals surface area contributed by atoms with Gasteiger partial charge in [-0.1, -0.05) is 0 Å². The minimum Gasteiger partial charge on any atom is -0.497 e. The van der Waals surface area contributed by atoms with Crippen molar-refractivity contribution in [1.29, 1.82) is 0 Å². The summed E-state index contributed by atoms with van der Waals surface area (Å²) in [5, 5.41) is 0. The first-order valence-electron chi connectivity index (χ1n) is 9.07. The van der Waals surface area contributed by atoms with Crippen LogP contribution in [-0.2, 0) is 9.53 Å². The summed E-state index contributed by atoms with van der Waals surface area (Å²) < 4.78 is 17.6. The molecule has 0 amide bonds. The van der Waals surface area contributed by atoms with E-state index in [0.29, 0.717) is 22.6 Å². The molecule has 0 atom stereocenters. The topological polar surface area (TPSA) is 66.8 Å². The molecule has 150 valence electrons. The van der Waals surface area contributed by atoms with Crippen LogP contribution >= 0.6 is 0 Å². The van der Waals surface area contributed by atoms with Gasteiger partial charge in [-0.3, -0.25) is 4.79 Å². The Morgan fingerprint density at radius 3 is 2.39 bits per heavy atom. The molecule has 0 N–H and O–H groups in total. The maximum absolute atomic E-state index is 12.5. The van der Waals surface area contributed by atoms with Crippen LogP contribution in [0.3, 0.4) is 0 Å². The zero-order valence-corrected chi connectivity index (χ0v) is 17.2. The summed E-state index contributed by atoms with van der Waals surface area (Å²) in [7, 11) is 3.11. The summed E-state index contributed by atoms with van der Waals surface area (Å²) in [6.45, 7) is 7.68. The number of nitrogens with zero attached hydrogens (tertiary/aromatic N) is 1. The van der Waals surface area contributed by atoms with E-state index in [1.807, 2.05) is 19.9 Å². The summed E-state index contributed by atoms with van der Waals surface area (Å²) in [4.78, 5) is 24.5. The van der Waals surface area contributed by atoms with E-state index < -0.39 is 5.97 Å². The van der Waals surface area contributed by atoms with Gasteiger partial charge in [-0.25, -0.2) is 4.79 Å². The van der Waals surface area contributed by atoms with Crippen molar-refractivity contribution in [2.24, 2.45) is 0 Å². The number of aromatic nitrogens is 1. The molecule has 0 unspecified atom stereocenters. The van der Waals surface area contributed by atoms with Gasteiger partial charge in [-0.2, -0.15) is 0 Å². The molecule has 2 rings (SSSR count). The molecule has 0 aliphatic carbocycles. The Labute approximate surface area is 165 Å². The molecule has 0 bridgehead atoms. The first-order valence-corrected chi connectivity index (χ1v) is 9.07.